The highest BCUT2D eigenvalue weighted by Gasteiger charge is 2.43. The number of aryl methyl sites for hydroxylation is 1. The van der Waals surface area contributed by atoms with Crippen molar-refractivity contribution in [3.05, 3.63) is 71.8 Å². The summed E-state index contributed by atoms with van der Waals surface area (Å²) in [5.41, 5.74) is 8.34. The van der Waals surface area contributed by atoms with Crippen molar-refractivity contribution in [1.82, 2.24) is 10.5 Å². The smallest absolute Gasteiger partial charge is 0.294 e. The molecule has 3 aromatic rings. The van der Waals surface area contributed by atoms with Crippen molar-refractivity contribution in [2.75, 3.05) is 30.0 Å². The number of fused-ring (bicyclic) bond motifs is 1. The number of hydrogen-bond acceptors (Lipinski definition) is 14. The molecule has 18 heteroatoms. The summed E-state index contributed by atoms with van der Waals surface area (Å²) >= 11 is 0. The summed E-state index contributed by atoms with van der Waals surface area (Å²) in [7, 11) is -9.55. The van der Waals surface area contributed by atoms with Crippen molar-refractivity contribution in [1.29, 1.82) is 10.5 Å². The summed E-state index contributed by atoms with van der Waals surface area (Å²) in [6.07, 6.45) is 0.166. The average Bonchev–Trinajstić information content (AvgIpc) is 3.64. The minimum absolute atomic E-state index is 0.212. The highest BCUT2D eigenvalue weighted by molar-refractivity contribution is 7.86. The zero-order valence-electron chi connectivity index (χ0n) is 28.8. The van der Waals surface area contributed by atoms with Crippen molar-refractivity contribution in [2.45, 2.75) is 56.5 Å². The van der Waals surface area contributed by atoms with Gasteiger partial charge in [0.15, 0.2) is 12.6 Å². The minimum atomic E-state index is -4.78. The van der Waals surface area contributed by atoms with E-state index in [0.717, 1.165) is 40.3 Å². The lowest BCUT2D eigenvalue weighted by atomic mass is 9.87. The van der Waals surface area contributed by atoms with Crippen molar-refractivity contribution in [3.8, 4) is 17.9 Å². The van der Waals surface area contributed by atoms with E-state index in [1.54, 1.807) is 17.3 Å². The predicted molar refractivity (Wildman–Crippen MR) is 195 cm³/mol. The molecule has 2 aliphatic heterocycles. The van der Waals surface area contributed by atoms with Gasteiger partial charge >= 0.3 is 0 Å². The summed E-state index contributed by atoms with van der Waals surface area (Å²) in [5.74, 6) is 0.346. The zero-order valence-corrected chi connectivity index (χ0v) is 30.4. The molecule has 5 rings (SSSR count). The molecular formula is C34H37N9O7S2. The Morgan fingerprint density at radius 1 is 0.962 bits per heavy atom. The Balaban J connectivity index is 1.32. The molecule has 0 saturated carbocycles. The Morgan fingerprint density at radius 3 is 2.12 bits per heavy atom. The first-order chi connectivity index (χ1) is 24.5. The lowest BCUT2D eigenvalue weighted by molar-refractivity contribution is 0.255. The molecule has 0 aromatic heterocycles. The monoisotopic (exact) mass is 747 g/mol. The fraction of sp³-hybridized carbons (Fsp3) is 0.324. The van der Waals surface area contributed by atoms with Crippen LogP contribution in [-0.4, -0.2) is 74.3 Å². The molecule has 16 nitrogen and oxygen atoms in total. The number of benzene rings is 3. The third kappa shape index (κ3) is 8.85. The number of ether oxygens (including phenoxy) is 1. The van der Waals surface area contributed by atoms with Gasteiger partial charge in [0.05, 0.1) is 46.2 Å². The number of amidine groups is 1. The maximum Gasteiger partial charge on any atom is 0.294 e. The van der Waals surface area contributed by atoms with Crippen LogP contribution >= 0.6 is 0 Å². The molecule has 0 radical (unpaired) electrons. The molecule has 2 aliphatic rings. The van der Waals surface area contributed by atoms with E-state index in [1.807, 2.05) is 42.2 Å². The van der Waals surface area contributed by atoms with Gasteiger partial charge in [-0.1, -0.05) is 20.8 Å². The van der Waals surface area contributed by atoms with Crippen LogP contribution in [0, 0.1) is 35.0 Å². The van der Waals surface area contributed by atoms with Crippen LogP contribution in [0.25, 0.3) is 0 Å². The fourth-order valence-electron chi connectivity index (χ4n) is 5.40. The minimum Gasteiger partial charge on any atom is -0.473 e. The predicted octanol–water partition coefficient (Wildman–Crippen LogP) is 4.65. The maximum atomic E-state index is 11.6. The van der Waals surface area contributed by atoms with E-state index in [1.165, 1.54) is 0 Å². The number of anilines is 2. The highest BCUT2D eigenvalue weighted by Crippen LogP contribution is 2.32. The number of nitrogens with zero attached hydrogens (tertiary/aromatic N) is 7. The van der Waals surface area contributed by atoms with Gasteiger partial charge in [-0.05, 0) is 61.0 Å². The SMILES string of the molecule is Cc1cc(N(CCC#N)CCC#N)ccc1N=C1C(C(C)(C)C)=NN2NC(c3ccc(NCOc4cc(S(=O)(=O)O)cc(S(=O)(=O)O)c4)cc3)=NC12. The molecule has 52 heavy (non-hydrogen) atoms. The lowest BCUT2D eigenvalue weighted by Crippen LogP contribution is -2.37. The van der Waals surface area contributed by atoms with Gasteiger partial charge in [-0.15, -0.1) is 0 Å². The van der Waals surface area contributed by atoms with Gasteiger partial charge in [-0.25, -0.2) is 9.98 Å². The van der Waals surface area contributed by atoms with Crippen LogP contribution in [-0.2, 0) is 20.2 Å². The van der Waals surface area contributed by atoms with E-state index < -0.39 is 36.2 Å². The summed E-state index contributed by atoms with van der Waals surface area (Å²) < 4.78 is 70.5. The van der Waals surface area contributed by atoms with Crippen LogP contribution in [0.3, 0.4) is 0 Å². The molecular weight excluding hydrogens is 711 g/mol. The maximum absolute atomic E-state index is 11.6. The second kappa shape index (κ2) is 15.0. The standard InChI is InChI=1S/C34H37N9O7S2/c1-22-17-25(42(15-5-13-35)16-6-14-36)11-12-29(22)38-30-31(34(2,3)4)40-43-33(30)39-32(41-43)23-7-9-24(10-8-23)37-21-50-26-18-27(51(44,45)46)20-28(19-26)52(47,48)49/h7-12,17-20,33,37H,5-6,15-16,21H2,1-4H3,(H,39,41)(H,44,45,46)(H,47,48,49). The average molecular weight is 748 g/mol. The van der Waals surface area contributed by atoms with Crippen molar-refractivity contribution in [2.24, 2.45) is 20.5 Å². The van der Waals surface area contributed by atoms with Crippen molar-refractivity contribution >= 4 is 54.6 Å². The van der Waals surface area contributed by atoms with E-state index in [4.69, 9.17) is 30.3 Å². The zero-order chi connectivity index (χ0) is 37.8. The number of hydrazine groups is 1. The van der Waals surface area contributed by atoms with Crippen LogP contribution in [0.15, 0.2) is 85.5 Å². The quantitative estimate of drug-likeness (QED) is 0.138. The highest BCUT2D eigenvalue weighted by atomic mass is 32.2. The molecule has 272 valence electrons. The van der Waals surface area contributed by atoms with Crippen LogP contribution < -0.4 is 20.4 Å². The van der Waals surface area contributed by atoms with E-state index in [-0.39, 0.29) is 17.9 Å². The Kier molecular flexibility index (Phi) is 10.9. The Bertz CT molecular complexity index is 2180. The number of hydrazone groups is 1. The van der Waals surface area contributed by atoms with Crippen molar-refractivity contribution < 1.29 is 30.7 Å². The van der Waals surface area contributed by atoms with E-state index >= 15 is 0 Å². The Morgan fingerprint density at radius 2 is 1.58 bits per heavy atom. The number of rotatable bonds is 13. The molecule has 1 atom stereocenters. The lowest BCUT2D eigenvalue weighted by Gasteiger charge is -2.23. The molecule has 0 saturated heterocycles. The van der Waals surface area contributed by atoms with E-state index in [0.29, 0.717) is 49.2 Å². The third-order valence-corrected chi connectivity index (χ3v) is 9.67. The summed E-state index contributed by atoms with van der Waals surface area (Å²) in [4.78, 5) is 10.5. The third-order valence-electron chi connectivity index (χ3n) is 8.01. The van der Waals surface area contributed by atoms with Crippen LogP contribution in [0.1, 0.15) is 44.7 Å². The number of hydrogen-bond donors (Lipinski definition) is 4. The molecule has 1 unspecified atom stereocenters. The number of aliphatic imine (C=N–C) groups is 2. The molecule has 0 spiro atoms. The normalized spacial score (nSPS) is 16.3. The van der Waals surface area contributed by atoms with Gasteiger partial charge in [-0.3, -0.25) is 14.5 Å². The molecule has 3 aromatic carbocycles. The molecule has 4 N–H and O–H groups in total. The number of nitriles is 2. The van der Waals surface area contributed by atoms with Gasteiger partial charge in [-0.2, -0.15) is 37.6 Å². The van der Waals surface area contributed by atoms with Gasteiger partial charge in [0.2, 0.25) is 6.17 Å². The summed E-state index contributed by atoms with van der Waals surface area (Å²) in [6, 6.07) is 19.8. The first-order valence-electron chi connectivity index (χ1n) is 16.0. The largest absolute Gasteiger partial charge is 0.473 e. The molecule has 0 aliphatic carbocycles. The second-order valence-corrected chi connectivity index (χ2v) is 15.8. The van der Waals surface area contributed by atoms with Gasteiger partial charge in [0, 0.05) is 47.6 Å². The Labute approximate surface area is 302 Å². The van der Waals surface area contributed by atoms with Gasteiger partial charge in [0.1, 0.15) is 11.5 Å². The molecule has 2 heterocycles. The van der Waals surface area contributed by atoms with E-state index in [2.05, 4.69) is 43.7 Å². The molecule has 0 bridgehead atoms. The fourth-order valence-corrected chi connectivity index (χ4v) is 6.56. The van der Waals surface area contributed by atoms with Crippen LogP contribution in [0.2, 0.25) is 0 Å². The van der Waals surface area contributed by atoms with Crippen molar-refractivity contribution in [3.63, 3.8) is 0 Å². The molecule has 0 fully saturated rings. The van der Waals surface area contributed by atoms with Gasteiger partial charge in [0.25, 0.3) is 20.2 Å². The number of nitrogens with one attached hydrogen (secondary N) is 2. The van der Waals surface area contributed by atoms with Gasteiger partial charge < -0.3 is 15.0 Å². The first-order valence-corrected chi connectivity index (χ1v) is 18.8. The summed E-state index contributed by atoms with van der Waals surface area (Å²) in [5, 5.41) is 27.7. The topological polar surface area (TPSA) is 233 Å². The first kappa shape index (κ1) is 37.7. The second-order valence-electron chi connectivity index (χ2n) is 12.9. The molecule has 0 amide bonds. The Hall–Kier alpha value is -5.53. The van der Waals surface area contributed by atoms with E-state index in [9.17, 15) is 25.9 Å². The van der Waals surface area contributed by atoms with Crippen LogP contribution in [0.5, 0.6) is 5.75 Å². The van der Waals surface area contributed by atoms with Crippen LogP contribution in [0.4, 0.5) is 17.1 Å². The summed E-state index contributed by atoms with van der Waals surface area (Å²) in [6.45, 7) is 8.96.